The first kappa shape index (κ1) is 27.7. The van der Waals surface area contributed by atoms with Crippen LogP contribution in [0, 0.1) is 0 Å². The minimum atomic E-state index is -1.13. The number of thiol groups is 1. The summed E-state index contributed by atoms with van der Waals surface area (Å²) in [4.78, 5) is 28.0. The van der Waals surface area contributed by atoms with Gasteiger partial charge >= 0.3 is 65.1 Å². The first-order valence-corrected chi connectivity index (χ1v) is 9.57. The number of amides is 1. The molecule has 1 amide bonds. The molecule has 0 spiro atoms. The van der Waals surface area contributed by atoms with Crippen LogP contribution in [0.15, 0.2) is 73.1 Å². The van der Waals surface area contributed by atoms with Gasteiger partial charge in [-0.2, -0.15) is 12.6 Å². The van der Waals surface area contributed by atoms with Crippen molar-refractivity contribution in [3.05, 3.63) is 84.2 Å². The topological polar surface area (TPSA) is 88.5 Å². The van der Waals surface area contributed by atoms with Crippen molar-refractivity contribution in [3.63, 3.8) is 0 Å². The number of nitrogens with zero attached hydrogens (tertiary/aromatic N) is 1. The number of nitrogens with one attached hydrogen (secondary N) is 1. The molecule has 0 fully saturated rings. The molecule has 0 bridgehead atoms. The number of ether oxygens (including phenoxy) is 1. The summed E-state index contributed by atoms with van der Waals surface area (Å²) in [5.41, 5.74) is 2.79. The van der Waals surface area contributed by atoms with Crippen molar-refractivity contribution in [1.82, 2.24) is 10.3 Å². The average Bonchev–Trinajstić information content (AvgIpc) is 2.76. The summed E-state index contributed by atoms with van der Waals surface area (Å²) in [7, 11) is 0. The number of hydrogen-bond acceptors (Lipinski definition) is 5. The van der Waals surface area contributed by atoms with Crippen molar-refractivity contribution in [2.24, 2.45) is 0 Å². The fourth-order valence-electron chi connectivity index (χ4n) is 2.76. The molecule has 0 aliphatic heterocycles. The van der Waals surface area contributed by atoms with Gasteiger partial charge in [0.05, 0.1) is 6.20 Å². The maximum atomic E-state index is 12.8. The summed E-state index contributed by atoms with van der Waals surface area (Å²) in [6.07, 6.45) is 3.30. The van der Waals surface area contributed by atoms with E-state index in [0.29, 0.717) is 23.5 Å². The predicted molar refractivity (Wildman–Crippen MR) is 127 cm³/mol. The van der Waals surface area contributed by atoms with Gasteiger partial charge in [-0.3, -0.25) is 9.78 Å². The van der Waals surface area contributed by atoms with Crippen LogP contribution in [0.2, 0.25) is 0 Å². The zero-order valence-corrected chi connectivity index (χ0v) is 16.4. The van der Waals surface area contributed by atoms with E-state index in [4.69, 9.17) is 4.74 Å². The Labute approximate surface area is 230 Å². The van der Waals surface area contributed by atoms with E-state index >= 15 is 0 Å². The van der Waals surface area contributed by atoms with Gasteiger partial charge in [0.1, 0.15) is 18.4 Å². The standard InChI is InChI=1S/C22H20N2O4S.2Na.2H/c25-21(24-20(14-29)22(26)27)18-9-8-15(13-28-17-7-4-10-23-12-17)11-19(18)16-5-2-1-3-6-16;;;;/h1-12,20,29H,13-14H2,(H,24,25)(H,26,27);;;;. The Morgan fingerprint density at radius 2 is 1.81 bits per heavy atom. The Morgan fingerprint density at radius 1 is 1.06 bits per heavy atom. The molecule has 3 aromatic rings. The molecule has 1 heterocycles. The SMILES string of the molecule is O=C(NC(CS)C(=O)O)c1ccc(COc2cccnc2)cc1-c1ccccc1.[NaH].[NaH]. The Bertz CT molecular complexity index is 991. The maximum absolute atomic E-state index is 12.8. The van der Waals surface area contributed by atoms with Crippen LogP contribution in [-0.2, 0) is 11.4 Å². The number of benzene rings is 2. The second-order valence-electron chi connectivity index (χ2n) is 6.27. The molecule has 0 aliphatic rings. The zero-order chi connectivity index (χ0) is 20.6. The second kappa shape index (κ2) is 14.0. The third-order valence-corrected chi connectivity index (χ3v) is 4.60. The summed E-state index contributed by atoms with van der Waals surface area (Å²) in [5.74, 6) is -0.950. The first-order chi connectivity index (χ1) is 14.1. The van der Waals surface area contributed by atoms with Crippen LogP contribution >= 0.6 is 12.6 Å². The molecule has 0 radical (unpaired) electrons. The van der Waals surface area contributed by atoms with Gasteiger partial charge in [0.25, 0.3) is 5.91 Å². The number of carboxylic acid groups (broad SMARTS) is 1. The van der Waals surface area contributed by atoms with Crippen molar-refractivity contribution in [2.75, 3.05) is 5.75 Å². The number of rotatable bonds is 8. The Balaban J connectivity index is 0.00000240. The van der Waals surface area contributed by atoms with Gasteiger partial charge in [-0.25, -0.2) is 4.79 Å². The summed E-state index contributed by atoms with van der Waals surface area (Å²) in [6.45, 7) is 0.307. The van der Waals surface area contributed by atoms with Gasteiger partial charge in [0.15, 0.2) is 0 Å². The second-order valence-corrected chi connectivity index (χ2v) is 6.64. The Hall–Kier alpha value is -1.32. The van der Waals surface area contributed by atoms with Crippen LogP contribution in [-0.4, -0.2) is 92.9 Å². The molecule has 3 rings (SSSR count). The fraction of sp³-hybridized carbons (Fsp3) is 0.136. The molecule has 2 aromatic carbocycles. The number of pyridine rings is 1. The summed E-state index contributed by atoms with van der Waals surface area (Å²) >= 11 is 4.00. The summed E-state index contributed by atoms with van der Waals surface area (Å²) in [5, 5.41) is 11.7. The molecule has 31 heavy (non-hydrogen) atoms. The van der Waals surface area contributed by atoms with Crippen molar-refractivity contribution >= 4 is 83.6 Å². The van der Waals surface area contributed by atoms with E-state index in [9.17, 15) is 14.7 Å². The van der Waals surface area contributed by atoms with E-state index in [2.05, 4.69) is 22.9 Å². The van der Waals surface area contributed by atoms with Crippen LogP contribution in [0.25, 0.3) is 11.1 Å². The van der Waals surface area contributed by atoms with E-state index < -0.39 is 17.9 Å². The van der Waals surface area contributed by atoms with Gasteiger partial charge in [-0.05, 0) is 41.0 Å². The van der Waals surface area contributed by atoms with Gasteiger partial charge in [0.2, 0.25) is 0 Å². The van der Waals surface area contributed by atoms with Crippen molar-refractivity contribution in [1.29, 1.82) is 0 Å². The number of carboxylic acids is 1. The van der Waals surface area contributed by atoms with Crippen LogP contribution < -0.4 is 10.1 Å². The normalized spacial score (nSPS) is 10.7. The average molecular weight is 456 g/mol. The van der Waals surface area contributed by atoms with E-state index in [1.54, 1.807) is 30.6 Å². The molecule has 152 valence electrons. The van der Waals surface area contributed by atoms with Crippen molar-refractivity contribution in [3.8, 4) is 16.9 Å². The number of aliphatic carboxylic acids is 1. The molecule has 0 saturated heterocycles. The van der Waals surface area contributed by atoms with Gasteiger partial charge < -0.3 is 15.2 Å². The number of aromatic nitrogens is 1. The van der Waals surface area contributed by atoms with Gasteiger partial charge in [-0.1, -0.05) is 36.4 Å². The van der Waals surface area contributed by atoms with E-state index in [0.717, 1.165) is 11.1 Å². The van der Waals surface area contributed by atoms with Crippen molar-refractivity contribution in [2.45, 2.75) is 12.6 Å². The quantitative estimate of drug-likeness (QED) is 0.357. The Kier molecular flexibility index (Phi) is 12.5. The molecule has 1 unspecified atom stereocenters. The zero-order valence-electron chi connectivity index (χ0n) is 15.5. The minimum absolute atomic E-state index is 0. The van der Waals surface area contributed by atoms with E-state index in [1.807, 2.05) is 42.5 Å². The third-order valence-electron chi connectivity index (χ3n) is 4.24. The van der Waals surface area contributed by atoms with Crippen LogP contribution in [0.5, 0.6) is 5.75 Å². The number of carbonyl (C=O) groups excluding carboxylic acids is 1. The van der Waals surface area contributed by atoms with Crippen LogP contribution in [0.1, 0.15) is 15.9 Å². The molecular weight excluding hydrogens is 434 g/mol. The van der Waals surface area contributed by atoms with Crippen molar-refractivity contribution < 1.29 is 19.4 Å². The molecule has 1 atom stereocenters. The van der Waals surface area contributed by atoms with E-state index in [1.165, 1.54) is 0 Å². The monoisotopic (exact) mass is 456 g/mol. The molecule has 6 nitrogen and oxygen atoms in total. The molecule has 2 N–H and O–H groups in total. The van der Waals surface area contributed by atoms with E-state index in [-0.39, 0.29) is 64.9 Å². The first-order valence-electron chi connectivity index (χ1n) is 8.94. The molecule has 1 aromatic heterocycles. The summed E-state index contributed by atoms with van der Waals surface area (Å²) in [6, 6.07) is 17.3. The number of hydrogen-bond donors (Lipinski definition) is 3. The molecule has 9 heteroatoms. The van der Waals surface area contributed by atoms with Gasteiger partial charge in [0, 0.05) is 17.5 Å². The molecule has 0 saturated carbocycles. The predicted octanol–water partition coefficient (Wildman–Crippen LogP) is 2.14. The van der Waals surface area contributed by atoms with Gasteiger partial charge in [-0.15, -0.1) is 0 Å². The third kappa shape index (κ3) is 7.95. The molecular formula is C22H22N2Na2O4S. The fourth-order valence-corrected chi connectivity index (χ4v) is 3.00. The number of carbonyl (C=O) groups is 2. The Morgan fingerprint density at radius 3 is 2.42 bits per heavy atom. The van der Waals surface area contributed by atoms with Crippen LogP contribution in [0.4, 0.5) is 0 Å². The van der Waals surface area contributed by atoms with Crippen LogP contribution in [0.3, 0.4) is 0 Å². The summed E-state index contributed by atoms with van der Waals surface area (Å²) < 4.78 is 5.75. The molecule has 0 aliphatic carbocycles.